The van der Waals surface area contributed by atoms with Gasteiger partial charge in [0.05, 0.1) is 13.2 Å². The van der Waals surface area contributed by atoms with Gasteiger partial charge in [-0.15, -0.1) is 0 Å². The number of ether oxygens (including phenoxy) is 2. The Balaban J connectivity index is -0.000000333. The van der Waals surface area contributed by atoms with Crippen LogP contribution in [0.15, 0.2) is 24.3 Å². The topological polar surface area (TPSA) is 133 Å². The third-order valence-corrected chi connectivity index (χ3v) is 1.78. The Hall–Kier alpha value is -2.02. The van der Waals surface area contributed by atoms with Crippen LogP contribution in [0.4, 0.5) is 0 Å². The van der Waals surface area contributed by atoms with Crippen molar-refractivity contribution in [3.05, 3.63) is 24.3 Å². The zero-order chi connectivity index (χ0) is 17.7. The summed E-state index contributed by atoms with van der Waals surface area (Å²) in [7, 11) is 0. The van der Waals surface area contributed by atoms with Crippen molar-refractivity contribution in [2.45, 2.75) is 26.7 Å². The van der Waals surface area contributed by atoms with Gasteiger partial charge in [-0.3, -0.25) is 0 Å². The summed E-state index contributed by atoms with van der Waals surface area (Å²) in [4.78, 5) is 40.8. The van der Waals surface area contributed by atoms with E-state index >= 15 is 0 Å². The third kappa shape index (κ3) is 20.0. The Morgan fingerprint density at radius 2 is 1.04 bits per heavy atom. The summed E-state index contributed by atoms with van der Waals surface area (Å²) >= 11 is 0. The molecule has 0 unspecified atom stereocenters. The van der Waals surface area contributed by atoms with Crippen LogP contribution in [0, 0.1) is 0 Å². The fourth-order valence-corrected chi connectivity index (χ4v) is 0.701. The fourth-order valence-electron chi connectivity index (χ4n) is 0.701. The van der Waals surface area contributed by atoms with Gasteiger partial charge < -0.3 is 29.3 Å². The van der Waals surface area contributed by atoms with E-state index in [-0.39, 0.29) is 56.7 Å². The molecule has 9 heteroatoms. The van der Waals surface area contributed by atoms with Crippen LogP contribution >= 0.6 is 0 Å². The number of aliphatic carboxylic acids is 2. The minimum absolute atomic E-state index is 0. The maximum absolute atomic E-state index is 10.6. The minimum Gasteiger partial charge on any atom is -0.550 e. The number of rotatable bonds is 8. The Kier molecular flexibility index (Phi) is 16.8. The van der Waals surface area contributed by atoms with Gasteiger partial charge in [0.1, 0.15) is 0 Å². The zero-order valence-corrected chi connectivity index (χ0v) is 16.2. The quantitative estimate of drug-likeness (QED) is 0.282. The van der Waals surface area contributed by atoms with Gasteiger partial charge >= 0.3 is 31.4 Å². The molecule has 0 saturated heterocycles. The first-order valence-corrected chi connectivity index (χ1v) is 6.12. The molecule has 124 valence electrons. The van der Waals surface area contributed by atoms with Gasteiger partial charge in [-0.1, -0.05) is 13.2 Å². The summed E-state index contributed by atoms with van der Waals surface area (Å²) in [6.45, 7) is 9.29. The van der Waals surface area contributed by atoms with Crippen LogP contribution in [0.25, 0.3) is 0 Å². The van der Waals surface area contributed by atoms with E-state index in [0.29, 0.717) is 0 Å². The van der Waals surface area contributed by atoms with Crippen molar-refractivity contribution >= 4 is 23.9 Å². The SMILES string of the molecule is C=C(C)C(=O)OCCC(=O)[O-].C=C(C)C(=O)OCCC(=O)[O-].[Zn+2]. The first kappa shape index (κ1) is 25.9. The van der Waals surface area contributed by atoms with Crippen LogP contribution in [0.1, 0.15) is 26.7 Å². The Bertz CT molecular complexity index is 414. The summed E-state index contributed by atoms with van der Waals surface area (Å²) in [6, 6.07) is 0. The van der Waals surface area contributed by atoms with E-state index < -0.39 is 23.9 Å². The molecule has 0 bridgehead atoms. The maximum Gasteiger partial charge on any atom is 2.00 e. The molecule has 0 aliphatic rings. The Labute approximate surface area is 146 Å². The van der Waals surface area contributed by atoms with Crippen molar-refractivity contribution < 1.29 is 58.3 Å². The molecular formula is C14H18O8Zn. The predicted octanol–water partition coefficient (Wildman–Crippen LogP) is -1.51. The largest absolute Gasteiger partial charge is 2.00 e. The first-order valence-electron chi connectivity index (χ1n) is 6.12. The van der Waals surface area contributed by atoms with Crippen LogP contribution in [0.2, 0.25) is 0 Å². The van der Waals surface area contributed by atoms with Crippen LogP contribution in [0.3, 0.4) is 0 Å². The second kappa shape index (κ2) is 14.9. The molecule has 0 N–H and O–H groups in total. The Morgan fingerprint density at radius 3 is 1.22 bits per heavy atom. The molecule has 23 heavy (non-hydrogen) atoms. The molecule has 0 aliphatic carbocycles. The second-order valence-corrected chi connectivity index (χ2v) is 4.08. The number of carbonyl (C=O) groups excluding carboxylic acids is 4. The van der Waals surface area contributed by atoms with Gasteiger partial charge in [0, 0.05) is 35.9 Å². The smallest absolute Gasteiger partial charge is 0.550 e. The average Bonchev–Trinajstić information content (AvgIpc) is 2.38. The van der Waals surface area contributed by atoms with E-state index in [1.165, 1.54) is 13.8 Å². The fraction of sp³-hybridized carbons (Fsp3) is 0.429. The van der Waals surface area contributed by atoms with E-state index in [9.17, 15) is 29.4 Å². The summed E-state index contributed by atoms with van der Waals surface area (Å²) in [5.74, 6) is -3.63. The summed E-state index contributed by atoms with van der Waals surface area (Å²) in [6.07, 6.45) is -0.558. The number of hydrogen-bond acceptors (Lipinski definition) is 8. The molecule has 0 radical (unpaired) electrons. The predicted molar refractivity (Wildman–Crippen MR) is 70.8 cm³/mol. The average molecular weight is 380 g/mol. The van der Waals surface area contributed by atoms with E-state index in [0.717, 1.165) is 0 Å². The molecule has 0 atom stereocenters. The summed E-state index contributed by atoms with van der Waals surface area (Å²) in [5, 5.41) is 19.7. The maximum atomic E-state index is 10.6. The van der Waals surface area contributed by atoms with Gasteiger partial charge in [-0.05, 0) is 13.8 Å². The molecule has 0 aromatic heterocycles. The van der Waals surface area contributed by atoms with E-state index in [1.807, 2.05) is 0 Å². The molecular weight excluding hydrogens is 362 g/mol. The van der Waals surface area contributed by atoms with Gasteiger partial charge in [0.15, 0.2) is 0 Å². The van der Waals surface area contributed by atoms with E-state index in [1.54, 1.807) is 0 Å². The number of carbonyl (C=O) groups is 4. The van der Waals surface area contributed by atoms with Gasteiger partial charge in [0.25, 0.3) is 0 Å². The molecule has 0 aromatic rings. The molecule has 0 aromatic carbocycles. The van der Waals surface area contributed by atoms with Gasteiger partial charge in [-0.2, -0.15) is 0 Å². The molecule has 0 amide bonds. The summed E-state index contributed by atoms with van der Waals surface area (Å²) in [5.41, 5.74) is 0.506. The standard InChI is InChI=1S/2C7H10O4.Zn/c2*1-5(2)7(10)11-4-3-6(8)9;/h2*1,3-4H2,2H3,(H,8,9);/q;;+2/p-2. The monoisotopic (exact) mass is 378 g/mol. The van der Waals surface area contributed by atoms with E-state index in [4.69, 9.17) is 0 Å². The number of carboxylic acid groups (broad SMARTS) is 2. The molecule has 0 rings (SSSR count). The number of hydrogen-bond donors (Lipinski definition) is 0. The van der Waals surface area contributed by atoms with Crippen molar-refractivity contribution in [2.24, 2.45) is 0 Å². The van der Waals surface area contributed by atoms with E-state index in [2.05, 4.69) is 22.6 Å². The molecule has 0 spiro atoms. The normalized spacial score (nSPS) is 8.43. The van der Waals surface area contributed by atoms with Crippen molar-refractivity contribution in [1.82, 2.24) is 0 Å². The van der Waals surface area contributed by atoms with Crippen LogP contribution in [-0.4, -0.2) is 37.1 Å². The number of esters is 2. The molecule has 0 saturated carbocycles. The van der Waals surface area contributed by atoms with Crippen molar-refractivity contribution in [1.29, 1.82) is 0 Å². The van der Waals surface area contributed by atoms with Crippen molar-refractivity contribution in [3.63, 3.8) is 0 Å². The van der Waals surface area contributed by atoms with Gasteiger partial charge in [-0.25, -0.2) is 9.59 Å². The second-order valence-electron chi connectivity index (χ2n) is 4.08. The van der Waals surface area contributed by atoms with Crippen LogP contribution < -0.4 is 10.2 Å². The molecule has 0 aliphatic heterocycles. The zero-order valence-electron chi connectivity index (χ0n) is 13.2. The van der Waals surface area contributed by atoms with Crippen molar-refractivity contribution in [3.8, 4) is 0 Å². The Morgan fingerprint density at radius 1 is 0.783 bits per heavy atom. The van der Waals surface area contributed by atoms with Crippen LogP contribution in [-0.2, 0) is 48.1 Å². The summed E-state index contributed by atoms with van der Waals surface area (Å²) < 4.78 is 8.91. The van der Waals surface area contributed by atoms with Gasteiger partial charge in [0.2, 0.25) is 0 Å². The minimum atomic E-state index is -1.24. The molecule has 0 heterocycles. The first-order chi connectivity index (χ1) is 10.1. The van der Waals surface area contributed by atoms with Crippen LogP contribution in [0.5, 0.6) is 0 Å². The molecule has 0 fully saturated rings. The molecule has 8 nitrogen and oxygen atoms in total. The third-order valence-electron chi connectivity index (χ3n) is 1.78. The van der Waals surface area contributed by atoms with Crippen molar-refractivity contribution in [2.75, 3.05) is 13.2 Å². The number of carboxylic acids is 2.